The Bertz CT molecular complexity index is 1190. The summed E-state index contributed by atoms with van der Waals surface area (Å²) in [6, 6.07) is 17.8. The van der Waals surface area contributed by atoms with Gasteiger partial charge in [0.25, 0.3) is 15.9 Å². The fourth-order valence-corrected chi connectivity index (χ4v) is 4.38. The smallest absolute Gasteiger partial charge is 0.262 e. The number of anilines is 2. The molecule has 8 heteroatoms. The third-order valence-electron chi connectivity index (χ3n) is 4.47. The fraction of sp³-hybridized carbons (Fsp3) is 0.0952. The number of fused-ring (bicyclic) bond motifs is 1. The predicted octanol–water partition coefficient (Wildman–Crippen LogP) is 4.33. The summed E-state index contributed by atoms with van der Waals surface area (Å²) >= 11 is 6.03. The standard InChI is InChI=1S/C21H17ClN2O4S/c22-18-6-1-2-7-19(18)24-29(26,27)17-5-3-4-16(13-17)23-21(25)15-8-9-20-14(12-15)10-11-28-20/h1-9,12-13,24H,10-11H2,(H,23,25). The highest BCUT2D eigenvalue weighted by molar-refractivity contribution is 7.92. The van der Waals surface area contributed by atoms with Crippen LogP contribution in [0.1, 0.15) is 15.9 Å². The van der Waals surface area contributed by atoms with Crippen LogP contribution in [-0.4, -0.2) is 20.9 Å². The molecule has 0 aliphatic carbocycles. The van der Waals surface area contributed by atoms with Gasteiger partial charge >= 0.3 is 0 Å². The van der Waals surface area contributed by atoms with Crippen LogP contribution in [0.5, 0.6) is 5.75 Å². The molecule has 0 radical (unpaired) electrons. The van der Waals surface area contributed by atoms with Gasteiger partial charge in [0, 0.05) is 17.7 Å². The molecule has 0 fully saturated rings. The van der Waals surface area contributed by atoms with Gasteiger partial charge < -0.3 is 10.1 Å². The summed E-state index contributed by atoms with van der Waals surface area (Å²) < 4.78 is 33.3. The number of nitrogens with one attached hydrogen (secondary N) is 2. The van der Waals surface area contributed by atoms with Gasteiger partial charge in [0.15, 0.2) is 0 Å². The van der Waals surface area contributed by atoms with Crippen molar-refractivity contribution in [1.82, 2.24) is 0 Å². The lowest BCUT2D eigenvalue weighted by Crippen LogP contribution is -2.15. The van der Waals surface area contributed by atoms with Crippen LogP contribution in [0.3, 0.4) is 0 Å². The van der Waals surface area contributed by atoms with E-state index >= 15 is 0 Å². The molecular weight excluding hydrogens is 412 g/mol. The molecule has 6 nitrogen and oxygen atoms in total. The summed E-state index contributed by atoms with van der Waals surface area (Å²) in [6.45, 7) is 0.610. The van der Waals surface area contributed by atoms with E-state index in [0.29, 0.717) is 22.9 Å². The predicted molar refractivity (Wildman–Crippen MR) is 112 cm³/mol. The summed E-state index contributed by atoms with van der Waals surface area (Å²) in [7, 11) is -3.87. The van der Waals surface area contributed by atoms with Crippen molar-refractivity contribution in [3.63, 3.8) is 0 Å². The minimum atomic E-state index is -3.87. The first-order chi connectivity index (χ1) is 13.9. The molecule has 4 rings (SSSR count). The van der Waals surface area contributed by atoms with Crippen molar-refractivity contribution < 1.29 is 17.9 Å². The van der Waals surface area contributed by atoms with E-state index in [1.54, 1.807) is 54.6 Å². The Morgan fingerprint density at radius 2 is 1.83 bits per heavy atom. The molecule has 0 unspecified atom stereocenters. The number of ether oxygens (including phenoxy) is 1. The quantitative estimate of drug-likeness (QED) is 0.633. The van der Waals surface area contributed by atoms with Crippen LogP contribution in [0.25, 0.3) is 0 Å². The van der Waals surface area contributed by atoms with Crippen molar-refractivity contribution in [2.45, 2.75) is 11.3 Å². The molecule has 3 aromatic carbocycles. The molecule has 0 atom stereocenters. The van der Waals surface area contributed by atoms with E-state index in [4.69, 9.17) is 16.3 Å². The molecule has 148 valence electrons. The Balaban J connectivity index is 1.54. The number of rotatable bonds is 5. The number of carbonyl (C=O) groups is 1. The third-order valence-corrected chi connectivity index (χ3v) is 6.16. The van der Waals surface area contributed by atoms with Gasteiger partial charge in [0.05, 0.1) is 22.2 Å². The van der Waals surface area contributed by atoms with Crippen molar-refractivity contribution in [2.24, 2.45) is 0 Å². The van der Waals surface area contributed by atoms with Crippen molar-refractivity contribution >= 4 is 38.9 Å². The molecule has 1 heterocycles. The fourth-order valence-electron chi connectivity index (χ4n) is 3.02. The zero-order valence-electron chi connectivity index (χ0n) is 15.2. The molecule has 0 saturated heterocycles. The van der Waals surface area contributed by atoms with Crippen molar-refractivity contribution in [3.05, 3.63) is 82.9 Å². The Kier molecular flexibility index (Phi) is 5.17. The van der Waals surface area contributed by atoms with Crippen LogP contribution in [0.4, 0.5) is 11.4 Å². The summed E-state index contributed by atoms with van der Waals surface area (Å²) in [4.78, 5) is 12.6. The summed E-state index contributed by atoms with van der Waals surface area (Å²) in [5.74, 6) is 0.466. The molecule has 1 amide bonds. The largest absolute Gasteiger partial charge is 0.493 e. The zero-order chi connectivity index (χ0) is 20.4. The summed E-state index contributed by atoms with van der Waals surface area (Å²) in [6.07, 6.45) is 0.762. The summed E-state index contributed by atoms with van der Waals surface area (Å²) in [5, 5.41) is 3.03. The Hall–Kier alpha value is -3.03. The molecule has 1 aliphatic heterocycles. The zero-order valence-corrected chi connectivity index (χ0v) is 16.8. The lowest BCUT2D eigenvalue weighted by atomic mass is 10.1. The van der Waals surface area contributed by atoms with Crippen LogP contribution >= 0.6 is 11.6 Å². The van der Waals surface area contributed by atoms with Crippen LogP contribution in [0.15, 0.2) is 71.6 Å². The Labute approximate surface area is 173 Å². The highest BCUT2D eigenvalue weighted by Crippen LogP contribution is 2.27. The maximum atomic E-state index is 12.7. The monoisotopic (exact) mass is 428 g/mol. The van der Waals surface area contributed by atoms with Gasteiger partial charge in [-0.05, 0) is 54.1 Å². The highest BCUT2D eigenvalue weighted by atomic mass is 35.5. The van der Waals surface area contributed by atoms with E-state index in [2.05, 4.69) is 10.0 Å². The SMILES string of the molecule is O=C(Nc1cccc(S(=O)(=O)Nc2ccccc2Cl)c1)c1ccc2c(c1)CCO2. The maximum Gasteiger partial charge on any atom is 0.262 e. The Morgan fingerprint density at radius 3 is 2.66 bits per heavy atom. The first-order valence-electron chi connectivity index (χ1n) is 8.87. The first kappa shape index (κ1) is 19.3. The average molecular weight is 429 g/mol. The van der Waals surface area contributed by atoms with Gasteiger partial charge in [0.1, 0.15) is 5.75 Å². The van der Waals surface area contributed by atoms with Crippen LogP contribution in [0, 0.1) is 0 Å². The summed E-state index contributed by atoms with van der Waals surface area (Å²) in [5.41, 5.74) is 2.12. The van der Waals surface area contributed by atoms with E-state index in [-0.39, 0.29) is 16.5 Å². The second-order valence-corrected chi connectivity index (χ2v) is 8.58. The van der Waals surface area contributed by atoms with E-state index in [1.165, 1.54) is 12.1 Å². The number of halogens is 1. The third kappa shape index (κ3) is 4.21. The highest BCUT2D eigenvalue weighted by Gasteiger charge is 2.18. The number of amides is 1. The normalized spacial score (nSPS) is 12.7. The van der Waals surface area contributed by atoms with E-state index in [9.17, 15) is 13.2 Å². The van der Waals surface area contributed by atoms with Crippen molar-refractivity contribution in [3.8, 4) is 5.75 Å². The molecule has 2 N–H and O–H groups in total. The van der Waals surface area contributed by atoms with Gasteiger partial charge in [-0.1, -0.05) is 29.8 Å². The average Bonchev–Trinajstić information content (AvgIpc) is 3.18. The van der Waals surface area contributed by atoms with E-state index < -0.39 is 10.0 Å². The van der Waals surface area contributed by atoms with Gasteiger partial charge in [-0.3, -0.25) is 9.52 Å². The topological polar surface area (TPSA) is 84.5 Å². The number of benzene rings is 3. The van der Waals surface area contributed by atoms with Crippen LogP contribution in [-0.2, 0) is 16.4 Å². The van der Waals surface area contributed by atoms with Crippen molar-refractivity contribution in [1.29, 1.82) is 0 Å². The minimum absolute atomic E-state index is 0.0116. The molecule has 0 bridgehead atoms. The lowest BCUT2D eigenvalue weighted by Gasteiger charge is -2.11. The van der Waals surface area contributed by atoms with Gasteiger partial charge in [0.2, 0.25) is 0 Å². The molecule has 29 heavy (non-hydrogen) atoms. The van der Waals surface area contributed by atoms with Gasteiger partial charge in [-0.2, -0.15) is 0 Å². The first-order valence-corrected chi connectivity index (χ1v) is 10.7. The van der Waals surface area contributed by atoms with E-state index in [1.807, 2.05) is 0 Å². The molecule has 0 aromatic heterocycles. The van der Waals surface area contributed by atoms with Gasteiger partial charge in [-0.25, -0.2) is 8.42 Å². The number of carbonyl (C=O) groups excluding carboxylic acids is 1. The van der Waals surface area contributed by atoms with Gasteiger partial charge in [-0.15, -0.1) is 0 Å². The molecule has 1 aliphatic rings. The molecule has 0 saturated carbocycles. The number of hydrogen-bond donors (Lipinski definition) is 2. The number of hydrogen-bond acceptors (Lipinski definition) is 4. The Morgan fingerprint density at radius 1 is 1.00 bits per heavy atom. The second kappa shape index (κ2) is 7.77. The van der Waals surface area contributed by atoms with Crippen molar-refractivity contribution in [2.75, 3.05) is 16.6 Å². The second-order valence-electron chi connectivity index (χ2n) is 6.49. The number of para-hydroxylation sites is 1. The molecule has 0 spiro atoms. The van der Waals surface area contributed by atoms with E-state index in [0.717, 1.165) is 17.7 Å². The minimum Gasteiger partial charge on any atom is -0.493 e. The maximum absolute atomic E-state index is 12.7. The molecular formula is C21H17ClN2O4S. The molecule has 3 aromatic rings. The lowest BCUT2D eigenvalue weighted by molar-refractivity contribution is 0.102. The van der Waals surface area contributed by atoms with Crippen LogP contribution in [0.2, 0.25) is 5.02 Å². The van der Waals surface area contributed by atoms with Crippen LogP contribution < -0.4 is 14.8 Å². The number of sulfonamides is 1.